The molecule has 0 bridgehead atoms. The third-order valence-corrected chi connectivity index (χ3v) is 4.73. The Hall–Kier alpha value is -1.36. The van der Waals surface area contributed by atoms with Crippen molar-refractivity contribution in [2.75, 3.05) is 0 Å². The minimum atomic E-state index is -0.0257. The van der Waals surface area contributed by atoms with Crippen molar-refractivity contribution < 1.29 is 4.79 Å². The van der Waals surface area contributed by atoms with E-state index in [1.807, 2.05) is 25.6 Å². The normalized spacial score (nSPS) is 23.9. The van der Waals surface area contributed by atoms with Gasteiger partial charge in [0, 0.05) is 30.7 Å². The molecule has 3 N–H and O–H groups in total. The van der Waals surface area contributed by atoms with Gasteiger partial charge < -0.3 is 11.1 Å². The fourth-order valence-corrected chi connectivity index (χ4v) is 3.12. The van der Waals surface area contributed by atoms with E-state index in [9.17, 15) is 4.79 Å². The first-order valence-corrected chi connectivity index (χ1v) is 7.93. The van der Waals surface area contributed by atoms with E-state index >= 15 is 0 Å². The predicted octanol–water partition coefficient (Wildman–Crippen LogP) is 1.60. The number of aryl methyl sites for hydroxylation is 2. The Balaban J connectivity index is 1.90. The minimum absolute atomic E-state index is 0.0257. The second-order valence-electron chi connectivity index (χ2n) is 6.50. The summed E-state index contributed by atoms with van der Waals surface area (Å²) in [4.78, 5) is 12.4. The van der Waals surface area contributed by atoms with Crippen molar-refractivity contribution in [3.63, 3.8) is 0 Å². The number of carbonyl (C=O) groups is 1. The molecule has 118 valence electrons. The van der Waals surface area contributed by atoms with Crippen LogP contribution in [-0.4, -0.2) is 27.8 Å². The quantitative estimate of drug-likeness (QED) is 0.885. The zero-order chi connectivity index (χ0) is 15.6. The van der Waals surface area contributed by atoms with Gasteiger partial charge in [0.2, 0.25) is 5.91 Å². The average Bonchev–Trinajstić information content (AvgIpc) is 2.68. The van der Waals surface area contributed by atoms with Gasteiger partial charge in [-0.15, -0.1) is 0 Å². The molecule has 1 aromatic heterocycles. The molecule has 1 aromatic rings. The van der Waals surface area contributed by atoms with Crippen molar-refractivity contribution in [3.05, 3.63) is 17.0 Å². The Kier molecular flexibility index (Phi) is 5.04. The molecule has 0 aliphatic heterocycles. The molecule has 0 saturated heterocycles. The number of aromatic nitrogens is 2. The molecule has 1 amide bonds. The van der Waals surface area contributed by atoms with Gasteiger partial charge in [0.25, 0.3) is 0 Å². The van der Waals surface area contributed by atoms with Crippen LogP contribution in [0.15, 0.2) is 0 Å². The average molecular weight is 292 g/mol. The van der Waals surface area contributed by atoms with E-state index in [2.05, 4.69) is 17.3 Å². The van der Waals surface area contributed by atoms with E-state index in [0.29, 0.717) is 12.1 Å². The van der Waals surface area contributed by atoms with Crippen LogP contribution in [0.3, 0.4) is 0 Å². The summed E-state index contributed by atoms with van der Waals surface area (Å²) in [6.45, 7) is 6.06. The van der Waals surface area contributed by atoms with Gasteiger partial charge in [-0.25, -0.2) is 0 Å². The zero-order valence-electron chi connectivity index (χ0n) is 13.6. The Morgan fingerprint density at radius 3 is 2.52 bits per heavy atom. The Bertz CT molecular complexity index is 501. The van der Waals surface area contributed by atoms with Gasteiger partial charge >= 0.3 is 0 Å². The van der Waals surface area contributed by atoms with E-state index in [4.69, 9.17) is 5.73 Å². The summed E-state index contributed by atoms with van der Waals surface area (Å²) in [7, 11) is 1.95. The maximum absolute atomic E-state index is 12.4. The summed E-state index contributed by atoms with van der Waals surface area (Å²) in [6.07, 6.45) is 4.79. The standard InChI is InChI=1S/C16H28N4O/c1-10(9-15-11(2)19-20(4)12(15)3)16(21)18-14-7-5-13(17)6-8-14/h10,13-14H,5-9,17H2,1-4H3,(H,18,21). The van der Waals surface area contributed by atoms with Gasteiger partial charge in [-0.05, 0) is 51.5 Å². The van der Waals surface area contributed by atoms with Crippen molar-refractivity contribution in [1.29, 1.82) is 0 Å². The topological polar surface area (TPSA) is 72.9 Å². The maximum Gasteiger partial charge on any atom is 0.223 e. The first-order chi connectivity index (χ1) is 9.88. The third kappa shape index (κ3) is 3.84. The van der Waals surface area contributed by atoms with Gasteiger partial charge in [-0.2, -0.15) is 5.10 Å². The fraction of sp³-hybridized carbons (Fsp3) is 0.750. The third-order valence-electron chi connectivity index (χ3n) is 4.73. The van der Waals surface area contributed by atoms with E-state index < -0.39 is 0 Å². The molecule has 0 radical (unpaired) electrons. The Morgan fingerprint density at radius 1 is 1.38 bits per heavy atom. The van der Waals surface area contributed by atoms with Crippen molar-refractivity contribution >= 4 is 5.91 Å². The molecule has 21 heavy (non-hydrogen) atoms. The number of rotatable bonds is 4. The SMILES string of the molecule is Cc1nn(C)c(C)c1CC(C)C(=O)NC1CCC(N)CC1. The number of carbonyl (C=O) groups excluding carboxylic acids is 1. The molecule has 5 heteroatoms. The molecule has 0 spiro atoms. The number of amides is 1. The predicted molar refractivity (Wildman–Crippen MR) is 83.9 cm³/mol. The summed E-state index contributed by atoms with van der Waals surface area (Å²) in [5.41, 5.74) is 9.28. The summed E-state index contributed by atoms with van der Waals surface area (Å²) in [5.74, 6) is 0.125. The van der Waals surface area contributed by atoms with E-state index in [-0.39, 0.29) is 11.8 Å². The smallest absolute Gasteiger partial charge is 0.223 e. The van der Waals surface area contributed by atoms with Crippen LogP contribution in [0.2, 0.25) is 0 Å². The van der Waals surface area contributed by atoms with Crippen molar-refractivity contribution in [2.45, 2.75) is 65.0 Å². The minimum Gasteiger partial charge on any atom is -0.353 e. The fourth-order valence-electron chi connectivity index (χ4n) is 3.12. The lowest BCUT2D eigenvalue weighted by Gasteiger charge is -2.27. The largest absolute Gasteiger partial charge is 0.353 e. The van der Waals surface area contributed by atoms with Gasteiger partial charge in [0.1, 0.15) is 0 Å². The lowest BCUT2D eigenvalue weighted by Crippen LogP contribution is -2.42. The molecule has 1 unspecified atom stereocenters. The Morgan fingerprint density at radius 2 is 2.00 bits per heavy atom. The molecule has 1 atom stereocenters. The molecule has 5 nitrogen and oxygen atoms in total. The highest BCUT2D eigenvalue weighted by Gasteiger charge is 2.23. The first-order valence-electron chi connectivity index (χ1n) is 7.93. The maximum atomic E-state index is 12.4. The van der Waals surface area contributed by atoms with Gasteiger partial charge in [-0.3, -0.25) is 9.48 Å². The summed E-state index contributed by atoms with van der Waals surface area (Å²) in [5, 5.41) is 7.60. The number of nitrogens with one attached hydrogen (secondary N) is 1. The number of nitrogens with zero attached hydrogens (tertiary/aromatic N) is 2. The molecular weight excluding hydrogens is 264 g/mol. The first kappa shape index (κ1) is 16.0. The molecule has 2 rings (SSSR count). The monoisotopic (exact) mass is 292 g/mol. The van der Waals surface area contributed by atoms with Crippen LogP contribution in [0, 0.1) is 19.8 Å². The second-order valence-corrected chi connectivity index (χ2v) is 6.50. The van der Waals surface area contributed by atoms with Crippen LogP contribution in [0.5, 0.6) is 0 Å². The summed E-state index contributed by atoms with van der Waals surface area (Å²) in [6, 6.07) is 0.618. The summed E-state index contributed by atoms with van der Waals surface area (Å²) >= 11 is 0. The molecule has 1 fully saturated rings. The molecule has 1 aliphatic carbocycles. The second kappa shape index (κ2) is 6.60. The zero-order valence-corrected chi connectivity index (χ0v) is 13.6. The van der Waals surface area contributed by atoms with Crippen molar-refractivity contribution in [1.82, 2.24) is 15.1 Å². The molecule has 1 heterocycles. The number of hydrogen-bond donors (Lipinski definition) is 2. The van der Waals surface area contributed by atoms with E-state index in [1.54, 1.807) is 0 Å². The lowest BCUT2D eigenvalue weighted by atomic mass is 9.91. The van der Waals surface area contributed by atoms with Crippen LogP contribution >= 0.6 is 0 Å². The number of nitrogens with two attached hydrogens (primary N) is 1. The molecule has 0 aromatic carbocycles. The molecular formula is C16H28N4O. The van der Waals surface area contributed by atoms with Gasteiger partial charge in [-0.1, -0.05) is 6.92 Å². The summed E-state index contributed by atoms with van der Waals surface area (Å²) < 4.78 is 1.89. The Labute approximate surface area is 127 Å². The van der Waals surface area contributed by atoms with Crippen molar-refractivity contribution in [3.8, 4) is 0 Å². The van der Waals surface area contributed by atoms with Crippen LogP contribution in [0.1, 0.15) is 49.6 Å². The van der Waals surface area contributed by atoms with Gasteiger partial charge in [0.15, 0.2) is 0 Å². The van der Waals surface area contributed by atoms with E-state index in [0.717, 1.165) is 43.5 Å². The highest BCUT2D eigenvalue weighted by atomic mass is 16.1. The van der Waals surface area contributed by atoms with Crippen LogP contribution in [-0.2, 0) is 18.3 Å². The molecule has 1 aliphatic rings. The van der Waals surface area contributed by atoms with Gasteiger partial charge in [0.05, 0.1) is 5.69 Å². The van der Waals surface area contributed by atoms with Crippen LogP contribution < -0.4 is 11.1 Å². The molecule has 1 saturated carbocycles. The van der Waals surface area contributed by atoms with Crippen LogP contribution in [0.25, 0.3) is 0 Å². The lowest BCUT2D eigenvalue weighted by molar-refractivity contribution is -0.125. The van der Waals surface area contributed by atoms with E-state index in [1.165, 1.54) is 5.56 Å². The highest BCUT2D eigenvalue weighted by molar-refractivity contribution is 5.79. The van der Waals surface area contributed by atoms with Crippen molar-refractivity contribution in [2.24, 2.45) is 18.7 Å². The highest BCUT2D eigenvalue weighted by Crippen LogP contribution is 2.19. The number of hydrogen-bond acceptors (Lipinski definition) is 3. The van der Waals surface area contributed by atoms with Crippen LogP contribution in [0.4, 0.5) is 0 Å².